The summed E-state index contributed by atoms with van der Waals surface area (Å²) in [7, 11) is 1.95. The third-order valence-corrected chi connectivity index (χ3v) is 5.45. The third-order valence-electron chi connectivity index (χ3n) is 5.45. The summed E-state index contributed by atoms with van der Waals surface area (Å²) < 4.78 is 3.77. The van der Waals surface area contributed by atoms with Crippen molar-refractivity contribution in [3.63, 3.8) is 0 Å². The molecule has 0 unspecified atom stereocenters. The lowest BCUT2D eigenvalue weighted by Crippen LogP contribution is -2.34. The summed E-state index contributed by atoms with van der Waals surface area (Å²) in [6, 6.07) is 8.75. The zero-order chi connectivity index (χ0) is 18.4. The van der Waals surface area contributed by atoms with Gasteiger partial charge in [0, 0.05) is 49.4 Å². The molecule has 1 aliphatic rings. The summed E-state index contributed by atoms with van der Waals surface area (Å²) >= 11 is 0. The standard InChI is InChI=1S/C20H19N7/c1-25-18-3-2-15(10-16(18)12-23-25)17-13-24-27-9-6-22-20(19(17)27)26-7-4-14(11-21)5-8-26/h2-3,6,9-10,12-14H,4-5,7-8H2,1H3. The fourth-order valence-corrected chi connectivity index (χ4v) is 3.92. The number of hydrogen-bond acceptors (Lipinski definition) is 5. The minimum atomic E-state index is 0.151. The van der Waals surface area contributed by atoms with E-state index in [-0.39, 0.29) is 5.92 Å². The molecule has 3 aromatic heterocycles. The molecule has 0 N–H and O–H groups in total. The number of piperidine rings is 1. The van der Waals surface area contributed by atoms with Gasteiger partial charge in [-0.25, -0.2) is 9.50 Å². The van der Waals surface area contributed by atoms with Gasteiger partial charge in [0.25, 0.3) is 0 Å². The van der Waals surface area contributed by atoms with Crippen LogP contribution >= 0.6 is 0 Å². The number of hydrogen-bond donors (Lipinski definition) is 0. The highest BCUT2D eigenvalue weighted by Gasteiger charge is 2.23. The molecule has 1 aromatic carbocycles. The molecule has 27 heavy (non-hydrogen) atoms. The van der Waals surface area contributed by atoms with E-state index in [1.165, 1.54) is 0 Å². The van der Waals surface area contributed by atoms with Gasteiger partial charge < -0.3 is 4.90 Å². The van der Waals surface area contributed by atoms with Crippen molar-refractivity contribution >= 4 is 22.2 Å². The first-order chi connectivity index (χ1) is 13.2. The van der Waals surface area contributed by atoms with Gasteiger partial charge in [0.05, 0.1) is 24.0 Å². The smallest absolute Gasteiger partial charge is 0.155 e. The van der Waals surface area contributed by atoms with Crippen LogP contribution < -0.4 is 4.90 Å². The highest BCUT2D eigenvalue weighted by Crippen LogP contribution is 2.33. The minimum absolute atomic E-state index is 0.151. The summed E-state index contributed by atoms with van der Waals surface area (Å²) in [5.74, 6) is 1.09. The second-order valence-corrected chi connectivity index (χ2v) is 7.03. The van der Waals surface area contributed by atoms with Crippen molar-refractivity contribution in [1.29, 1.82) is 5.26 Å². The van der Waals surface area contributed by atoms with E-state index in [4.69, 9.17) is 5.26 Å². The first-order valence-electron chi connectivity index (χ1n) is 9.13. The number of aromatic nitrogens is 5. The van der Waals surface area contributed by atoms with Crippen LogP contribution in [0.4, 0.5) is 5.82 Å². The van der Waals surface area contributed by atoms with E-state index in [9.17, 15) is 0 Å². The largest absolute Gasteiger partial charge is 0.355 e. The molecule has 1 fully saturated rings. The molecule has 0 atom stereocenters. The first kappa shape index (κ1) is 15.8. The lowest BCUT2D eigenvalue weighted by atomic mass is 9.98. The van der Waals surface area contributed by atoms with Crippen molar-refractivity contribution in [1.82, 2.24) is 24.4 Å². The molecule has 7 heteroatoms. The topological polar surface area (TPSA) is 75.0 Å². The average molecular weight is 357 g/mol. The van der Waals surface area contributed by atoms with E-state index in [0.29, 0.717) is 0 Å². The van der Waals surface area contributed by atoms with Crippen molar-refractivity contribution < 1.29 is 0 Å². The quantitative estimate of drug-likeness (QED) is 0.551. The van der Waals surface area contributed by atoms with Crippen LogP contribution in [0.1, 0.15) is 12.8 Å². The summed E-state index contributed by atoms with van der Waals surface area (Å²) in [4.78, 5) is 6.95. The zero-order valence-electron chi connectivity index (χ0n) is 15.1. The van der Waals surface area contributed by atoms with Crippen molar-refractivity contribution in [3.8, 4) is 17.2 Å². The van der Waals surface area contributed by atoms with E-state index < -0.39 is 0 Å². The monoisotopic (exact) mass is 357 g/mol. The second kappa shape index (κ2) is 6.09. The van der Waals surface area contributed by atoms with Gasteiger partial charge in [-0.05, 0) is 30.5 Å². The molecule has 0 radical (unpaired) electrons. The van der Waals surface area contributed by atoms with Crippen LogP contribution in [0.3, 0.4) is 0 Å². The molecular formula is C20H19N7. The molecule has 5 rings (SSSR count). The fraction of sp³-hybridized carbons (Fsp3) is 0.300. The number of rotatable bonds is 2. The summed E-state index contributed by atoms with van der Waals surface area (Å²) in [6.45, 7) is 1.69. The number of fused-ring (bicyclic) bond motifs is 2. The third kappa shape index (κ3) is 2.53. The molecule has 1 aliphatic heterocycles. The van der Waals surface area contributed by atoms with Gasteiger partial charge in [-0.15, -0.1) is 0 Å². The van der Waals surface area contributed by atoms with Crippen molar-refractivity contribution in [2.75, 3.05) is 18.0 Å². The van der Waals surface area contributed by atoms with Crippen LogP contribution in [-0.2, 0) is 7.05 Å². The van der Waals surface area contributed by atoms with Gasteiger partial charge >= 0.3 is 0 Å². The Hall–Kier alpha value is -3.40. The van der Waals surface area contributed by atoms with Crippen LogP contribution in [0.2, 0.25) is 0 Å². The molecule has 4 heterocycles. The molecule has 7 nitrogen and oxygen atoms in total. The highest BCUT2D eigenvalue weighted by molar-refractivity contribution is 5.92. The molecule has 134 valence electrons. The Balaban J connectivity index is 1.62. The number of benzene rings is 1. The molecular weight excluding hydrogens is 338 g/mol. The summed E-state index contributed by atoms with van der Waals surface area (Å²) in [5.41, 5.74) is 4.28. The maximum Gasteiger partial charge on any atom is 0.155 e. The second-order valence-electron chi connectivity index (χ2n) is 7.03. The normalized spacial score (nSPS) is 15.5. The Bertz CT molecular complexity index is 1170. The lowest BCUT2D eigenvalue weighted by Gasteiger charge is -2.30. The van der Waals surface area contributed by atoms with Crippen LogP contribution in [0, 0.1) is 17.2 Å². The Labute approximate surface area is 156 Å². The van der Waals surface area contributed by atoms with Crippen molar-refractivity contribution in [3.05, 3.63) is 43.0 Å². The predicted octanol–water partition coefficient (Wildman–Crippen LogP) is 3.02. The Kier molecular flexibility index (Phi) is 3.57. The fourth-order valence-electron chi connectivity index (χ4n) is 3.92. The lowest BCUT2D eigenvalue weighted by molar-refractivity contribution is 0.485. The van der Waals surface area contributed by atoms with Gasteiger partial charge in [-0.3, -0.25) is 4.68 Å². The van der Waals surface area contributed by atoms with Gasteiger partial charge in [-0.1, -0.05) is 6.07 Å². The van der Waals surface area contributed by atoms with E-state index in [2.05, 4.69) is 44.3 Å². The maximum absolute atomic E-state index is 9.16. The average Bonchev–Trinajstić information content (AvgIpc) is 3.31. The molecule has 0 saturated carbocycles. The molecule has 0 aliphatic carbocycles. The molecule has 0 spiro atoms. The van der Waals surface area contributed by atoms with Crippen molar-refractivity contribution in [2.24, 2.45) is 13.0 Å². The predicted molar refractivity (Wildman–Crippen MR) is 103 cm³/mol. The number of aryl methyl sites for hydroxylation is 1. The Morgan fingerprint density at radius 3 is 2.81 bits per heavy atom. The molecule has 0 bridgehead atoms. The first-order valence-corrected chi connectivity index (χ1v) is 9.13. The van der Waals surface area contributed by atoms with E-state index in [1.54, 1.807) is 6.20 Å². The summed E-state index contributed by atoms with van der Waals surface area (Å²) in [5, 5.41) is 19.1. The molecule has 0 amide bonds. The number of nitrogens with zero attached hydrogens (tertiary/aromatic N) is 7. The van der Waals surface area contributed by atoms with Crippen LogP contribution in [0.25, 0.3) is 27.5 Å². The Morgan fingerprint density at radius 1 is 1.15 bits per heavy atom. The van der Waals surface area contributed by atoms with Gasteiger partial charge in [-0.2, -0.15) is 15.5 Å². The van der Waals surface area contributed by atoms with Crippen LogP contribution in [0.15, 0.2) is 43.0 Å². The van der Waals surface area contributed by atoms with E-state index >= 15 is 0 Å². The number of nitriles is 1. The van der Waals surface area contributed by atoms with E-state index in [1.807, 2.05) is 34.8 Å². The van der Waals surface area contributed by atoms with Gasteiger partial charge in [0.1, 0.15) is 5.52 Å². The minimum Gasteiger partial charge on any atom is -0.355 e. The van der Waals surface area contributed by atoms with E-state index in [0.717, 1.165) is 59.3 Å². The molecule has 4 aromatic rings. The maximum atomic E-state index is 9.16. The van der Waals surface area contributed by atoms with Gasteiger partial charge in [0.2, 0.25) is 0 Å². The summed E-state index contributed by atoms with van der Waals surface area (Å²) in [6.07, 6.45) is 9.22. The zero-order valence-corrected chi connectivity index (χ0v) is 15.1. The van der Waals surface area contributed by atoms with Gasteiger partial charge in [0.15, 0.2) is 5.82 Å². The van der Waals surface area contributed by atoms with Crippen LogP contribution in [-0.4, -0.2) is 37.5 Å². The SMILES string of the molecule is Cn1ncc2cc(-c3cnn4ccnc(N5CCC(C#N)CC5)c34)ccc21. The highest BCUT2D eigenvalue weighted by atomic mass is 15.3. The van der Waals surface area contributed by atoms with Crippen LogP contribution in [0.5, 0.6) is 0 Å². The van der Waals surface area contributed by atoms with Crippen molar-refractivity contribution in [2.45, 2.75) is 12.8 Å². The molecule has 1 saturated heterocycles. The number of anilines is 1. The Morgan fingerprint density at radius 2 is 2.00 bits per heavy atom.